The molecular formula is C20H19N3OS2. The number of aryl methyl sites for hydroxylation is 2. The molecule has 0 saturated heterocycles. The third kappa shape index (κ3) is 3.44. The van der Waals surface area contributed by atoms with Crippen LogP contribution >= 0.6 is 23.5 Å². The fourth-order valence-electron chi connectivity index (χ4n) is 3.23. The minimum Gasteiger partial charge on any atom is -0.302 e. The van der Waals surface area contributed by atoms with Gasteiger partial charge in [0.1, 0.15) is 0 Å². The number of fused-ring (bicyclic) bond motifs is 2. The van der Waals surface area contributed by atoms with Crippen LogP contribution in [0.1, 0.15) is 11.4 Å². The number of carbonyl (C=O) groups excluding carboxylic acids is 1. The van der Waals surface area contributed by atoms with Crippen LogP contribution < -0.4 is 4.90 Å². The summed E-state index contributed by atoms with van der Waals surface area (Å²) in [6, 6.07) is 10.1. The third-order valence-electron chi connectivity index (χ3n) is 4.30. The van der Waals surface area contributed by atoms with Gasteiger partial charge in [-0.2, -0.15) is 0 Å². The van der Waals surface area contributed by atoms with Gasteiger partial charge in [-0.05, 0) is 32.0 Å². The van der Waals surface area contributed by atoms with E-state index in [9.17, 15) is 4.79 Å². The number of carbonyl (C=O) groups is 1. The van der Waals surface area contributed by atoms with Crippen LogP contribution in [0.25, 0.3) is 0 Å². The summed E-state index contributed by atoms with van der Waals surface area (Å²) in [5.74, 6) is 0.406. The van der Waals surface area contributed by atoms with Crippen molar-refractivity contribution in [2.75, 3.05) is 10.7 Å². The van der Waals surface area contributed by atoms with Crippen LogP contribution in [-0.4, -0.2) is 32.9 Å². The smallest absolute Gasteiger partial charge is 0.238 e. The van der Waals surface area contributed by atoms with Crippen molar-refractivity contribution in [1.82, 2.24) is 9.97 Å². The lowest BCUT2D eigenvalue weighted by molar-refractivity contribution is -0.116. The molecule has 0 fully saturated rings. The molecule has 26 heavy (non-hydrogen) atoms. The summed E-state index contributed by atoms with van der Waals surface area (Å²) < 4.78 is 0. The Balaban J connectivity index is 1.59. The molecule has 2 aliphatic rings. The maximum Gasteiger partial charge on any atom is 0.238 e. The van der Waals surface area contributed by atoms with Crippen molar-refractivity contribution in [1.29, 1.82) is 0 Å². The van der Waals surface area contributed by atoms with Gasteiger partial charge in [-0.15, -0.1) is 11.8 Å². The molecule has 132 valence electrons. The highest BCUT2D eigenvalue weighted by atomic mass is 32.2. The molecular weight excluding hydrogens is 362 g/mol. The van der Waals surface area contributed by atoms with Crippen molar-refractivity contribution < 1.29 is 4.79 Å². The number of allylic oxidation sites excluding steroid dienone is 2. The standard InChI is InChI=1S/C20H19N3OS2/c1-13-11-14(2)22-20(21-13)25-12-19(24)23-15-7-3-5-9-17(15)26-18-10-6-4-8-16(18)23/h3-11,15,17H,12H2,1-2H3/t15-,17+/m0/s1. The summed E-state index contributed by atoms with van der Waals surface area (Å²) in [6.07, 6.45) is 8.37. The first kappa shape index (κ1) is 17.4. The molecule has 0 saturated carbocycles. The third-order valence-corrected chi connectivity index (χ3v) is 6.44. The zero-order chi connectivity index (χ0) is 18.1. The van der Waals surface area contributed by atoms with Crippen LogP contribution in [0.2, 0.25) is 0 Å². The summed E-state index contributed by atoms with van der Waals surface area (Å²) in [6.45, 7) is 3.89. The van der Waals surface area contributed by atoms with Gasteiger partial charge in [-0.3, -0.25) is 4.79 Å². The summed E-state index contributed by atoms with van der Waals surface area (Å²) in [7, 11) is 0. The number of thioether (sulfide) groups is 2. The second kappa shape index (κ2) is 7.29. The molecule has 1 aliphatic carbocycles. The Labute approximate surface area is 161 Å². The lowest BCUT2D eigenvalue weighted by Crippen LogP contribution is -2.48. The first-order valence-electron chi connectivity index (χ1n) is 8.49. The van der Waals surface area contributed by atoms with Gasteiger partial charge in [0.25, 0.3) is 0 Å². The topological polar surface area (TPSA) is 46.1 Å². The Morgan fingerprint density at radius 1 is 1.15 bits per heavy atom. The Bertz CT molecular complexity index is 889. The van der Waals surface area contributed by atoms with Gasteiger partial charge in [0, 0.05) is 16.3 Å². The molecule has 6 heteroatoms. The van der Waals surface area contributed by atoms with Crippen molar-refractivity contribution in [3.05, 3.63) is 66.0 Å². The van der Waals surface area contributed by atoms with Crippen LogP contribution in [0.15, 0.2) is 64.7 Å². The van der Waals surface area contributed by atoms with E-state index in [1.165, 1.54) is 11.8 Å². The van der Waals surface area contributed by atoms with Gasteiger partial charge in [0.2, 0.25) is 5.91 Å². The molecule has 1 amide bonds. The minimum absolute atomic E-state index is 0.0492. The summed E-state index contributed by atoms with van der Waals surface area (Å²) in [5, 5.41) is 0.910. The van der Waals surface area contributed by atoms with Gasteiger partial charge < -0.3 is 4.90 Å². The SMILES string of the molecule is Cc1cc(C)nc(SCC(=O)N2c3ccccc3S[C@@H]3C=CC=C[C@@H]32)n1. The molecule has 0 spiro atoms. The van der Waals surface area contributed by atoms with Crippen LogP contribution in [0.5, 0.6) is 0 Å². The van der Waals surface area contributed by atoms with Crippen molar-refractivity contribution >= 4 is 35.1 Å². The molecule has 4 rings (SSSR count). The maximum absolute atomic E-state index is 13.1. The molecule has 1 aliphatic heterocycles. The molecule has 4 nitrogen and oxygen atoms in total. The van der Waals surface area contributed by atoms with E-state index in [2.05, 4.69) is 34.3 Å². The van der Waals surface area contributed by atoms with Crippen LogP contribution in [-0.2, 0) is 4.79 Å². The molecule has 0 radical (unpaired) electrons. The highest BCUT2D eigenvalue weighted by molar-refractivity contribution is 8.00. The largest absolute Gasteiger partial charge is 0.302 e. The minimum atomic E-state index is 0.0492. The number of hydrogen-bond acceptors (Lipinski definition) is 5. The fraction of sp³-hybridized carbons (Fsp3) is 0.250. The molecule has 2 aromatic rings. The summed E-state index contributed by atoms with van der Waals surface area (Å²) in [5.41, 5.74) is 2.84. The predicted octanol–water partition coefficient (Wildman–Crippen LogP) is 4.19. The Morgan fingerprint density at radius 3 is 2.69 bits per heavy atom. The Morgan fingerprint density at radius 2 is 1.88 bits per heavy atom. The number of rotatable bonds is 3. The van der Waals surface area contributed by atoms with E-state index in [1.807, 2.05) is 60.9 Å². The summed E-state index contributed by atoms with van der Waals surface area (Å²) >= 11 is 3.22. The average Bonchev–Trinajstić information content (AvgIpc) is 2.63. The molecule has 0 unspecified atom stereocenters. The van der Waals surface area contributed by atoms with Gasteiger partial charge in [-0.25, -0.2) is 9.97 Å². The van der Waals surface area contributed by atoms with Gasteiger partial charge in [-0.1, -0.05) is 48.2 Å². The van der Waals surface area contributed by atoms with Crippen LogP contribution in [0.4, 0.5) is 5.69 Å². The first-order valence-corrected chi connectivity index (χ1v) is 10.4. The number of nitrogens with zero attached hydrogens (tertiary/aromatic N) is 3. The second-order valence-corrected chi connectivity index (χ2v) is 8.46. The highest BCUT2D eigenvalue weighted by Gasteiger charge is 2.36. The van der Waals surface area contributed by atoms with E-state index < -0.39 is 0 Å². The number of anilines is 1. The van der Waals surface area contributed by atoms with Crippen molar-refractivity contribution in [3.63, 3.8) is 0 Å². The van der Waals surface area contributed by atoms with Gasteiger partial charge in [0.15, 0.2) is 5.16 Å². The van der Waals surface area contributed by atoms with E-state index in [0.29, 0.717) is 10.9 Å². The monoisotopic (exact) mass is 381 g/mol. The Hall–Kier alpha value is -2.05. The van der Waals surface area contributed by atoms with E-state index in [0.717, 1.165) is 22.0 Å². The fourth-order valence-corrected chi connectivity index (χ4v) is 5.30. The second-order valence-electron chi connectivity index (χ2n) is 6.30. The number of para-hydroxylation sites is 1. The number of amides is 1. The number of hydrogen-bond donors (Lipinski definition) is 0. The average molecular weight is 382 g/mol. The number of aromatic nitrogens is 2. The van der Waals surface area contributed by atoms with E-state index in [4.69, 9.17) is 0 Å². The van der Waals surface area contributed by atoms with E-state index >= 15 is 0 Å². The molecule has 0 N–H and O–H groups in total. The van der Waals surface area contributed by atoms with Gasteiger partial charge in [0.05, 0.1) is 22.7 Å². The van der Waals surface area contributed by atoms with Crippen molar-refractivity contribution in [3.8, 4) is 0 Å². The molecule has 0 bridgehead atoms. The number of benzene rings is 1. The lowest BCUT2D eigenvalue weighted by Gasteiger charge is -2.40. The normalized spacial score (nSPS) is 20.6. The van der Waals surface area contributed by atoms with Crippen molar-refractivity contribution in [2.24, 2.45) is 0 Å². The molecule has 1 aromatic carbocycles. The van der Waals surface area contributed by atoms with Crippen LogP contribution in [0, 0.1) is 13.8 Å². The summed E-state index contributed by atoms with van der Waals surface area (Å²) in [4.78, 5) is 25.1. The zero-order valence-electron chi connectivity index (χ0n) is 14.6. The molecule has 1 aromatic heterocycles. The zero-order valence-corrected chi connectivity index (χ0v) is 16.3. The molecule has 2 heterocycles. The van der Waals surface area contributed by atoms with E-state index in [1.54, 1.807) is 0 Å². The predicted molar refractivity (Wildman–Crippen MR) is 108 cm³/mol. The first-order chi connectivity index (χ1) is 12.6. The quantitative estimate of drug-likeness (QED) is 0.589. The Kier molecular flexibility index (Phi) is 4.87. The maximum atomic E-state index is 13.1. The van der Waals surface area contributed by atoms with Crippen LogP contribution in [0.3, 0.4) is 0 Å². The highest BCUT2D eigenvalue weighted by Crippen LogP contribution is 2.43. The van der Waals surface area contributed by atoms with E-state index in [-0.39, 0.29) is 17.2 Å². The molecule has 2 atom stereocenters. The lowest BCUT2D eigenvalue weighted by atomic mass is 10.0. The van der Waals surface area contributed by atoms with Gasteiger partial charge >= 0.3 is 0 Å². The van der Waals surface area contributed by atoms with Crippen molar-refractivity contribution in [2.45, 2.75) is 35.2 Å².